The summed E-state index contributed by atoms with van der Waals surface area (Å²) in [5.41, 5.74) is -0.254. The topological polar surface area (TPSA) is 58.2 Å². The first-order chi connectivity index (χ1) is 9.37. The molecule has 20 heavy (non-hydrogen) atoms. The molecule has 112 valence electrons. The molecule has 2 rings (SSSR count). The fraction of sp³-hybridized carbons (Fsp3) is 0.500. The maximum atomic E-state index is 13.6. The Balaban J connectivity index is 2.11. The van der Waals surface area contributed by atoms with Crippen molar-refractivity contribution in [1.82, 2.24) is 5.32 Å². The van der Waals surface area contributed by atoms with Crippen molar-refractivity contribution >= 4 is 31.6 Å². The number of halogens is 3. The van der Waals surface area contributed by atoms with E-state index in [9.17, 15) is 17.2 Å². The summed E-state index contributed by atoms with van der Waals surface area (Å²) in [6.45, 7) is 1.52. The fourth-order valence-electron chi connectivity index (χ4n) is 2.21. The Bertz CT molecular complexity index is 566. The normalized spacial score (nSPS) is 19.9. The molecule has 1 aliphatic rings. The van der Waals surface area contributed by atoms with Crippen LogP contribution >= 0.6 is 15.9 Å². The molecule has 1 aromatic carbocycles. The molecule has 0 spiro atoms. The molecule has 1 fully saturated rings. The van der Waals surface area contributed by atoms with E-state index in [1.54, 1.807) is 0 Å². The smallest absolute Gasteiger partial charge is 0.233 e. The molecule has 1 aliphatic heterocycles. The number of benzene rings is 1. The lowest BCUT2D eigenvalue weighted by atomic mass is 10.0. The van der Waals surface area contributed by atoms with E-state index in [0.29, 0.717) is 12.6 Å². The Morgan fingerprint density at radius 3 is 2.75 bits per heavy atom. The van der Waals surface area contributed by atoms with Crippen LogP contribution in [0.15, 0.2) is 16.6 Å². The molecule has 1 atom stereocenters. The number of hydrogen-bond acceptors (Lipinski definition) is 3. The third kappa shape index (κ3) is 4.13. The van der Waals surface area contributed by atoms with Crippen LogP contribution in [0, 0.1) is 17.6 Å². The Kier molecular flexibility index (Phi) is 4.98. The highest BCUT2D eigenvalue weighted by atomic mass is 79.9. The van der Waals surface area contributed by atoms with Gasteiger partial charge in [-0.3, -0.25) is 4.72 Å². The van der Waals surface area contributed by atoms with Crippen molar-refractivity contribution in [2.75, 3.05) is 23.6 Å². The van der Waals surface area contributed by atoms with E-state index in [-0.39, 0.29) is 21.8 Å². The summed E-state index contributed by atoms with van der Waals surface area (Å²) in [6.07, 6.45) is 1.75. The van der Waals surface area contributed by atoms with E-state index < -0.39 is 21.7 Å². The van der Waals surface area contributed by atoms with Gasteiger partial charge in [-0.2, -0.15) is 0 Å². The second-order valence-corrected chi connectivity index (χ2v) is 7.46. The predicted molar refractivity (Wildman–Crippen MR) is 77.1 cm³/mol. The molecule has 0 saturated carbocycles. The van der Waals surface area contributed by atoms with Crippen LogP contribution in [0.1, 0.15) is 12.8 Å². The maximum absolute atomic E-state index is 13.6. The van der Waals surface area contributed by atoms with E-state index in [1.165, 1.54) is 0 Å². The fourth-order valence-corrected chi connectivity index (χ4v) is 4.36. The highest BCUT2D eigenvalue weighted by molar-refractivity contribution is 9.10. The molecule has 0 amide bonds. The molecule has 1 saturated heterocycles. The zero-order valence-electron chi connectivity index (χ0n) is 10.6. The van der Waals surface area contributed by atoms with Crippen LogP contribution in [-0.4, -0.2) is 27.3 Å². The van der Waals surface area contributed by atoms with Crippen LogP contribution in [0.25, 0.3) is 0 Å². The lowest BCUT2D eigenvalue weighted by Crippen LogP contribution is -2.35. The van der Waals surface area contributed by atoms with Crippen LogP contribution in [0.2, 0.25) is 0 Å². The zero-order chi connectivity index (χ0) is 14.8. The molecule has 2 N–H and O–H groups in total. The van der Waals surface area contributed by atoms with Gasteiger partial charge in [-0.15, -0.1) is 0 Å². The van der Waals surface area contributed by atoms with Gasteiger partial charge in [-0.1, -0.05) is 0 Å². The van der Waals surface area contributed by atoms with Gasteiger partial charge in [-0.25, -0.2) is 17.2 Å². The summed E-state index contributed by atoms with van der Waals surface area (Å²) in [4.78, 5) is 0. The van der Waals surface area contributed by atoms with Crippen molar-refractivity contribution in [3.8, 4) is 0 Å². The summed E-state index contributed by atoms with van der Waals surface area (Å²) < 4.78 is 52.9. The molecular formula is C12H15BrF2N2O2S. The van der Waals surface area contributed by atoms with Crippen molar-refractivity contribution in [2.24, 2.45) is 5.92 Å². The third-order valence-electron chi connectivity index (χ3n) is 3.12. The minimum atomic E-state index is -3.67. The molecule has 1 heterocycles. The average Bonchev–Trinajstić information content (AvgIpc) is 2.34. The quantitative estimate of drug-likeness (QED) is 0.858. The van der Waals surface area contributed by atoms with Crippen molar-refractivity contribution in [2.45, 2.75) is 12.8 Å². The largest absolute Gasteiger partial charge is 0.316 e. The van der Waals surface area contributed by atoms with Crippen LogP contribution in [0.5, 0.6) is 0 Å². The molecule has 4 nitrogen and oxygen atoms in total. The minimum Gasteiger partial charge on any atom is -0.316 e. The number of hydrogen-bond donors (Lipinski definition) is 2. The van der Waals surface area contributed by atoms with Crippen LogP contribution in [0.3, 0.4) is 0 Å². The molecule has 0 aromatic heterocycles. The molecule has 0 radical (unpaired) electrons. The molecule has 0 bridgehead atoms. The van der Waals surface area contributed by atoms with Gasteiger partial charge in [0.2, 0.25) is 10.0 Å². The maximum Gasteiger partial charge on any atom is 0.233 e. The van der Waals surface area contributed by atoms with E-state index in [1.807, 2.05) is 0 Å². The van der Waals surface area contributed by atoms with Gasteiger partial charge in [-0.05, 0) is 53.8 Å². The first kappa shape index (κ1) is 15.7. The van der Waals surface area contributed by atoms with Crippen LogP contribution < -0.4 is 10.0 Å². The van der Waals surface area contributed by atoms with Crippen LogP contribution in [-0.2, 0) is 10.0 Å². The van der Waals surface area contributed by atoms with Crippen molar-refractivity contribution in [3.05, 3.63) is 28.2 Å². The lowest BCUT2D eigenvalue weighted by molar-refractivity contribution is 0.404. The monoisotopic (exact) mass is 368 g/mol. The zero-order valence-corrected chi connectivity index (χ0v) is 13.0. The number of anilines is 1. The standard InChI is InChI=1S/C12H15BrF2N2O2S/c13-10-4-9(14)5-11(15)12(10)17-20(18,19)7-8-2-1-3-16-6-8/h4-5,8,16-17H,1-3,6-7H2. The molecule has 1 aromatic rings. The summed E-state index contributed by atoms with van der Waals surface area (Å²) in [6, 6.07) is 1.66. The summed E-state index contributed by atoms with van der Waals surface area (Å²) in [5, 5.41) is 3.13. The lowest BCUT2D eigenvalue weighted by Gasteiger charge is -2.22. The Labute approximate surface area is 125 Å². The predicted octanol–water partition coefficient (Wildman–Crippen LogP) is 2.47. The molecular weight excluding hydrogens is 354 g/mol. The average molecular weight is 369 g/mol. The van der Waals surface area contributed by atoms with E-state index in [2.05, 4.69) is 26.0 Å². The highest BCUT2D eigenvalue weighted by Gasteiger charge is 2.23. The molecule has 0 aliphatic carbocycles. The second-order valence-electron chi connectivity index (χ2n) is 4.84. The summed E-state index contributed by atoms with van der Waals surface area (Å²) >= 11 is 2.96. The summed E-state index contributed by atoms with van der Waals surface area (Å²) in [7, 11) is -3.67. The Morgan fingerprint density at radius 2 is 2.15 bits per heavy atom. The van der Waals surface area contributed by atoms with Gasteiger partial charge in [0.05, 0.1) is 11.4 Å². The first-order valence-electron chi connectivity index (χ1n) is 6.23. The van der Waals surface area contributed by atoms with Gasteiger partial charge in [0.1, 0.15) is 5.82 Å². The molecule has 8 heteroatoms. The minimum absolute atomic E-state index is 0.00327. The van der Waals surface area contributed by atoms with E-state index >= 15 is 0 Å². The number of sulfonamides is 1. The Morgan fingerprint density at radius 1 is 1.40 bits per heavy atom. The van der Waals surface area contributed by atoms with Gasteiger partial charge >= 0.3 is 0 Å². The van der Waals surface area contributed by atoms with Crippen molar-refractivity contribution in [1.29, 1.82) is 0 Å². The van der Waals surface area contributed by atoms with Gasteiger partial charge in [0, 0.05) is 10.5 Å². The van der Waals surface area contributed by atoms with E-state index in [4.69, 9.17) is 0 Å². The SMILES string of the molecule is O=S(=O)(CC1CCCNC1)Nc1c(F)cc(F)cc1Br. The number of rotatable bonds is 4. The second kappa shape index (κ2) is 6.36. The van der Waals surface area contributed by atoms with E-state index in [0.717, 1.165) is 25.5 Å². The van der Waals surface area contributed by atoms with Gasteiger partial charge in [0.15, 0.2) is 5.82 Å². The molecule has 1 unspecified atom stereocenters. The van der Waals surface area contributed by atoms with Crippen molar-refractivity contribution < 1.29 is 17.2 Å². The number of nitrogens with one attached hydrogen (secondary N) is 2. The Hall–Kier alpha value is -0.730. The summed E-state index contributed by atoms with van der Waals surface area (Å²) in [5.74, 6) is -1.79. The van der Waals surface area contributed by atoms with Crippen molar-refractivity contribution in [3.63, 3.8) is 0 Å². The van der Waals surface area contributed by atoms with Gasteiger partial charge in [0.25, 0.3) is 0 Å². The van der Waals surface area contributed by atoms with Gasteiger partial charge < -0.3 is 5.32 Å². The van der Waals surface area contributed by atoms with Crippen LogP contribution in [0.4, 0.5) is 14.5 Å². The third-order valence-corrected chi connectivity index (χ3v) is 5.17. The number of piperidine rings is 1. The first-order valence-corrected chi connectivity index (χ1v) is 8.67. The highest BCUT2D eigenvalue weighted by Crippen LogP contribution is 2.28.